The summed E-state index contributed by atoms with van der Waals surface area (Å²) >= 11 is 0. The molecule has 2 aromatic heterocycles. The van der Waals surface area contributed by atoms with Gasteiger partial charge < -0.3 is 14.5 Å². The van der Waals surface area contributed by atoms with Gasteiger partial charge in [0.25, 0.3) is 0 Å². The summed E-state index contributed by atoms with van der Waals surface area (Å²) in [5.41, 5.74) is 4.26. The van der Waals surface area contributed by atoms with Crippen LogP contribution >= 0.6 is 0 Å². The number of rotatable bonds is 7. The van der Waals surface area contributed by atoms with Gasteiger partial charge in [0.1, 0.15) is 5.82 Å². The number of piperidine rings is 1. The lowest BCUT2D eigenvalue weighted by Gasteiger charge is -2.32. The van der Waals surface area contributed by atoms with Crippen LogP contribution in [0.4, 0.5) is 17.5 Å². The SMILES string of the molecule is CCc1cnc(N2CCC(OCc3ccc(N4CCc5cc(S(C)(=O)=O)ccc54)nc3)CC2)nc1. The van der Waals surface area contributed by atoms with E-state index in [4.69, 9.17) is 4.74 Å². The number of anilines is 3. The second-order valence-electron chi connectivity index (χ2n) is 9.23. The fourth-order valence-corrected chi connectivity index (χ4v) is 5.31. The molecule has 0 unspecified atom stereocenters. The first-order valence-electron chi connectivity index (χ1n) is 12.1. The monoisotopic (exact) mass is 493 g/mol. The minimum atomic E-state index is -3.20. The quantitative estimate of drug-likeness (QED) is 0.492. The smallest absolute Gasteiger partial charge is 0.225 e. The van der Waals surface area contributed by atoms with E-state index < -0.39 is 9.84 Å². The third-order valence-corrected chi connectivity index (χ3v) is 7.88. The Bertz CT molecular complexity index is 1270. The molecule has 184 valence electrons. The maximum atomic E-state index is 11.9. The van der Waals surface area contributed by atoms with Crippen molar-refractivity contribution in [3.05, 3.63) is 65.6 Å². The molecule has 9 heteroatoms. The molecular formula is C26H31N5O3S. The van der Waals surface area contributed by atoms with Gasteiger partial charge >= 0.3 is 0 Å². The van der Waals surface area contributed by atoms with Crippen molar-refractivity contribution < 1.29 is 13.2 Å². The van der Waals surface area contributed by atoms with Gasteiger partial charge in [-0.15, -0.1) is 0 Å². The molecule has 0 spiro atoms. The Morgan fingerprint density at radius 3 is 2.37 bits per heavy atom. The number of sulfone groups is 1. The molecule has 2 aliphatic rings. The number of hydrogen-bond acceptors (Lipinski definition) is 8. The number of aryl methyl sites for hydroxylation is 1. The van der Waals surface area contributed by atoms with Gasteiger partial charge in [-0.25, -0.2) is 23.4 Å². The van der Waals surface area contributed by atoms with Crippen LogP contribution in [-0.4, -0.2) is 55.4 Å². The lowest BCUT2D eigenvalue weighted by Crippen LogP contribution is -2.38. The molecule has 5 rings (SSSR count). The van der Waals surface area contributed by atoms with E-state index in [1.165, 1.54) is 6.26 Å². The Kier molecular flexibility index (Phi) is 6.71. The number of ether oxygens (including phenoxy) is 1. The summed E-state index contributed by atoms with van der Waals surface area (Å²) in [6, 6.07) is 9.41. The lowest BCUT2D eigenvalue weighted by atomic mass is 10.1. The van der Waals surface area contributed by atoms with Crippen LogP contribution in [0.5, 0.6) is 0 Å². The molecule has 8 nitrogen and oxygen atoms in total. The number of nitrogens with zero attached hydrogens (tertiary/aromatic N) is 5. The minimum absolute atomic E-state index is 0.218. The minimum Gasteiger partial charge on any atom is -0.373 e. The van der Waals surface area contributed by atoms with Crippen molar-refractivity contribution in [2.45, 2.75) is 50.2 Å². The highest BCUT2D eigenvalue weighted by Gasteiger charge is 2.24. The molecule has 0 radical (unpaired) electrons. The zero-order valence-corrected chi connectivity index (χ0v) is 21.0. The average molecular weight is 494 g/mol. The van der Waals surface area contributed by atoms with Crippen molar-refractivity contribution in [2.24, 2.45) is 0 Å². The summed E-state index contributed by atoms with van der Waals surface area (Å²) in [5, 5.41) is 0. The van der Waals surface area contributed by atoms with Crippen LogP contribution in [0.1, 0.15) is 36.5 Å². The summed E-state index contributed by atoms with van der Waals surface area (Å²) in [6.07, 6.45) is 10.8. The molecule has 4 heterocycles. The molecule has 0 amide bonds. The highest BCUT2D eigenvalue weighted by molar-refractivity contribution is 7.90. The van der Waals surface area contributed by atoms with E-state index in [1.807, 2.05) is 30.7 Å². The first-order valence-corrected chi connectivity index (χ1v) is 14.0. The summed E-state index contributed by atoms with van der Waals surface area (Å²) in [4.78, 5) is 18.4. The normalized spacial score (nSPS) is 16.5. The van der Waals surface area contributed by atoms with Crippen LogP contribution in [0.3, 0.4) is 0 Å². The van der Waals surface area contributed by atoms with Gasteiger partial charge in [0.2, 0.25) is 5.95 Å². The Balaban J connectivity index is 1.14. The second-order valence-corrected chi connectivity index (χ2v) is 11.2. The molecule has 0 atom stereocenters. The molecule has 1 aromatic carbocycles. The van der Waals surface area contributed by atoms with Crippen LogP contribution in [0.2, 0.25) is 0 Å². The number of benzene rings is 1. The van der Waals surface area contributed by atoms with E-state index in [-0.39, 0.29) is 6.10 Å². The summed E-state index contributed by atoms with van der Waals surface area (Å²) < 4.78 is 29.9. The zero-order valence-electron chi connectivity index (χ0n) is 20.2. The average Bonchev–Trinajstić information content (AvgIpc) is 3.31. The van der Waals surface area contributed by atoms with E-state index in [0.717, 1.165) is 79.5 Å². The van der Waals surface area contributed by atoms with E-state index in [9.17, 15) is 8.42 Å². The molecule has 0 bridgehead atoms. The maximum Gasteiger partial charge on any atom is 0.225 e. The third-order valence-electron chi connectivity index (χ3n) is 6.77. The molecule has 2 aliphatic heterocycles. The van der Waals surface area contributed by atoms with Gasteiger partial charge in [-0.1, -0.05) is 13.0 Å². The van der Waals surface area contributed by atoms with E-state index >= 15 is 0 Å². The Hall–Kier alpha value is -3.04. The Morgan fingerprint density at radius 2 is 1.71 bits per heavy atom. The summed E-state index contributed by atoms with van der Waals surface area (Å²) in [6.45, 7) is 5.21. The van der Waals surface area contributed by atoms with E-state index in [2.05, 4.69) is 37.7 Å². The van der Waals surface area contributed by atoms with Crippen molar-refractivity contribution >= 4 is 27.3 Å². The molecule has 0 saturated carbocycles. The molecular weight excluding hydrogens is 462 g/mol. The highest BCUT2D eigenvalue weighted by Crippen LogP contribution is 2.35. The van der Waals surface area contributed by atoms with Gasteiger partial charge in [0.05, 0.1) is 17.6 Å². The van der Waals surface area contributed by atoms with Crippen molar-refractivity contribution in [3.63, 3.8) is 0 Å². The predicted octanol–water partition coefficient (Wildman–Crippen LogP) is 3.72. The molecule has 3 aromatic rings. The summed E-state index contributed by atoms with van der Waals surface area (Å²) in [5.74, 6) is 1.67. The van der Waals surface area contributed by atoms with Gasteiger partial charge in [-0.2, -0.15) is 0 Å². The van der Waals surface area contributed by atoms with E-state index in [1.54, 1.807) is 12.1 Å². The molecule has 1 fully saturated rings. The van der Waals surface area contributed by atoms with Gasteiger partial charge in [0, 0.05) is 50.2 Å². The number of fused-ring (bicyclic) bond motifs is 1. The first-order chi connectivity index (χ1) is 16.9. The zero-order chi connectivity index (χ0) is 24.4. The van der Waals surface area contributed by atoms with Gasteiger partial charge in [-0.05, 0) is 66.6 Å². The Labute approximate surface area is 206 Å². The molecule has 0 aliphatic carbocycles. The standard InChI is InChI=1S/C26H31N5O3S/c1-3-19-15-28-26(29-16-19)30-11-9-22(10-12-30)34-18-20-4-7-25(27-17-20)31-13-8-21-14-23(35(2,32)33)5-6-24(21)31/h4-7,14-17,22H,3,8-13,18H2,1-2H3. The van der Waals surface area contributed by atoms with Crippen molar-refractivity contribution in [2.75, 3.05) is 35.7 Å². The van der Waals surface area contributed by atoms with Crippen molar-refractivity contribution in [1.82, 2.24) is 15.0 Å². The molecule has 0 N–H and O–H groups in total. The third kappa shape index (κ3) is 5.31. The van der Waals surface area contributed by atoms with Crippen molar-refractivity contribution in [1.29, 1.82) is 0 Å². The largest absolute Gasteiger partial charge is 0.373 e. The number of pyridine rings is 1. The van der Waals surface area contributed by atoms with Gasteiger partial charge in [-0.3, -0.25) is 0 Å². The summed E-state index contributed by atoms with van der Waals surface area (Å²) in [7, 11) is -3.20. The van der Waals surface area contributed by atoms with Crippen LogP contribution in [0.15, 0.2) is 53.8 Å². The van der Waals surface area contributed by atoms with Crippen LogP contribution in [-0.2, 0) is 34.0 Å². The maximum absolute atomic E-state index is 11.9. The number of hydrogen-bond donors (Lipinski definition) is 0. The number of aromatic nitrogens is 3. The second kappa shape index (κ2) is 9.91. The van der Waals surface area contributed by atoms with Crippen LogP contribution in [0, 0.1) is 0 Å². The molecule has 1 saturated heterocycles. The van der Waals surface area contributed by atoms with Gasteiger partial charge in [0.15, 0.2) is 9.84 Å². The van der Waals surface area contributed by atoms with Crippen molar-refractivity contribution in [3.8, 4) is 0 Å². The van der Waals surface area contributed by atoms with Crippen LogP contribution in [0.25, 0.3) is 0 Å². The highest BCUT2D eigenvalue weighted by atomic mass is 32.2. The van der Waals surface area contributed by atoms with Crippen LogP contribution < -0.4 is 9.80 Å². The fourth-order valence-electron chi connectivity index (χ4n) is 4.64. The lowest BCUT2D eigenvalue weighted by molar-refractivity contribution is 0.0248. The van der Waals surface area contributed by atoms with E-state index in [0.29, 0.717) is 11.5 Å². The fraction of sp³-hybridized carbons (Fsp3) is 0.423. The first kappa shape index (κ1) is 23.7. The topological polar surface area (TPSA) is 88.5 Å². The predicted molar refractivity (Wildman–Crippen MR) is 136 cm³/mol. The Morgan fingerprint density at radius 1 is 0.971 bits per heavy atom. The molecule has 35 heavy (non-hydrogen) atoms.